The second-order valence-electron chi connectivity index (χ2n) is 9.10. The first kappa shape index (κ1) is 24.9. The molecule has 2 atom stereocenters. The summed E-state index contributed by atoms with van der Waals surface area (Å²) in [6.07, 6.45) is 3.98. The Labute approximate surface area is 215 Å². The number of carbonyl (C=O) groups is 1. The van der Waals surface area contributed by atoms with Gasteiger partial charge in [0, 0.05) is 18.1 Å². The Bertz CT molecular complexity index is 1470. The topological polar surface area (TPSA) is 119 Å². The Kier molecular flexibility index (Phi) is 6.50. The van der Waals surface area contributed by atoms with Gasteiger partial charge in [0.05, 0.1) is 33.2 Å². The Morgan fingerprint density at radius 2 is 1.50 bits per heavy atom. The summed E-state index contributed by atoms with van der Waals surface area (Å²) in [7, 11) is 0. The summed E-state index contributed by atoms with van der Waals surface area (Å²) in [6, 6.07) is 13.7. The van der Waals surface area contributed by atoms with Gasteiger partial charge in [-0.3, -0.25) is 25.0 Å². The number of hydrogen-bond donors (Lipinski definition) is 0. The molecular formula is C27H20F2N4O5. The first-order chi connectivity index (χ1) is 18.2. The number of nitrogens with zero attached hydrogens (tertiary/aromatic N) is 4. The van der Waals surface area contributed by atoms with E-state index in [1.807, 2.05) is 6.08 Å². The Morgan fingerprint density at radius 3 is 2.08 bits per heavy atom. The summed E-state index contributed by atoms with van der Waals surface area (Å²) >= 11 is 0. The van der Waals surface area contributed by atoms with E-state index in [0.717, 1.165) is 35.8 Å². The number of allylic oxidation sites excluding steroid dienone is 1. The second kappa shape index (κ2) is 9.92. The lowest BCUT2D eigenvalue weighted by atomic mass is 9.77. The van der Waals surface area contributed by atoms with Gasteiger partial charge in [-0.2, -0.15) is 5.10 Å². The molecule has 0 bridgehead atoms. The van der Waals surface area contributed by atoms with Crippen LogP contribution in [0.4, 0.5) is 20.2 Å². The first-order valence-electron chi connectivity index (χ1n) is 11.8. The van der Waals surface area contributed by atoms with Crippen LogP contribution < -0.4 is 0 Å². The van der Waals surface area contributed by atoms with Crippen molar-refractivity contribution < 1.29 is 23.4 Å². The molecule has 3 aromatic rings. The van der Waals surface area contributed by atoms with E-state index < -0.39 is 39.0 Å². The van der Waals surface area contributed by atoms with Gasteiger partial charge in [0.1, 0.15) is 11.6 Å². The maximum Gasteiger partial charge on any atom is 0.277 e. The third kappa shape index (κ3) is 4.77. The fourth-order valence-corrected chi connectivity index (χ4v) is 4.98. The lowest BCUT2D eigenvalue weighted by Crippen LogP contribution is -2.32. The average Bonchev–Trinajstić information content (AvgIpc) is 3.30. The number of non-ortho nitro benzene ring substituents is 2. The van der Waals surface area contributed by atoms with Gasteiger partial charge in [0.2, 0.25) is 0 Å². The number of fused-ring (bicyclic) bond motifs is 1. The molecular weight excluding hydrogens is 498 g/mol. The number of hydrogen-bond acceptors (Lipinski definition) is 6. The van der Waals surface area contributed by atoms with Gasteiger partial charge in [0.25, 0.3) is 17.3 Å². The molecule has 0 radical (unpaired) electrons. The molecule has 0 spiro atoms. The minimum Gasteiger partial charge on any atom is -0.267 e. The molecule has 5 rings (SSSR count). The zero-order chi connectivity index (χ0) is 27.0. The van der Waals surface area contributed by atoms with Crippen LogP contribution in [0, 0.1) is 37.8 Å². The molecule has 38 heavy (non-hydrogen) atoms. The monoisotopic (exact) mass is 518 g/mol. The van der Waals surface area contributed by atoms with E-state index in [0.29, 0.717) is 24.1 Å². The fourth-order valence-electron chi connectivity index (χ4n) is 4.98. The van der Waals surface area contributed by atoms with E-state index >= 15 is 0 Å². The van der Waals surface area contributed by atoms with Crippen LogP contribution in [0.15, 0.2) is 77.4 Å². The van der Waals surface area contributed by atoms with E-state index in [1.165, 1.54) is 29.3 Å². The lowest BCUT2D eigenvalue weighted by molar-refractivity contribution is -0.394. The quantitative estimate of drug-likeness (QED) is 0.293. The van der Waals surface area contributed by atoms with Crippen molar-refractivity contribution in [3.05, 3.63) is 121 Å². The van der Waals surface area contributed by atoms with Crippen molar-refractivity contribution in [3.63, 3.8) is 0 Å². The van der Waals surface area contributed by atoms with Crippen molar-refractivity contribution in [1.82, 2.24) is 5.01 Å². The maximum absolute atomic E-state index is 13.7. The molecule has 9 nitrogen and oxygen atoms in total. The first-order valence-corrected chi connectivity index (χ1v) is 11.8. The lowest BCUT2D eigenvalue weighted by Gasteiger charge is -2.29. The molecule has 1 aliphatic heterocycles. The Balaban J connectivity index is 1.61. The molecule has 11 heteroatoms. The summed E-state index contributed by atoms with van der Waals surface area (Å²) in [5, 5.41) is 28.6. The Morgan fingerprint density at radius 1 is 0.921 bits per heavy atom. The van der Waals surface area contributed by atoms with E-state index in [-0.39, 0.29) is 17.3 Å². The maximum atomic E-state index is 13.7. The van der Waals surface area contributed by atoms with Crippen LogP contribution in [0.1, 0.15) is 46.8 Å². The van der Waals surface area contributed by atoms with Crippen molar-refractivity contribution in [1.29, 1.82) is 0 Å². The van der Waals surface area contributed by atoms with Crippen LogP contribution in [-0.4, -0.2) is 26.5 Å². The molecule has 192 valence electrons. The van der Waals surface area contributed by atoms with Crippen LogP contribution in [0.3, 0.4) is 0 Å². The van der Waals surface area contributed by atoms with Crippen LogP contribution in [0.25, 0.3) is 6.08 Å². The van der Waals surface area contributed by atoms with Crippen LogP contribution in [-0.2, 0) is 0 Å². The summed E-state index contributed by atoms with van der Waals surface area (Å²) in [5.74, 6) is -1.85. The van der Waals surface area contributed by atoms with Crippen molar-refractivity contribution in [2.45, 2.75) is 25.3 Å². The number of carbonyl (C=O) groups excluding carboxylic acids is 1. The van der Waals surface area contributed by atoms with E-state index in [2.05, 4.69) is 5.10 Å². The van der Waals surface area contributed by atoms with Crippen LogP contribution in [0.5, 0.6) is 0 Å². The average molecular weight is 518 g/mol. The molecule has 3 aromatic carbocycles. The summed E-state index contributed by atoms with van der Waals surface area (Å²) in [6.45, 7) is 0. The Hall–Kier alpha value is -4.80. The zero-order valence-electron chi connectivity index (χ0n) is 19.8. The molecule has 0 unspecified atom stereocenters. The number of rotatable bonds is 5. The highest BCUT2D eigenvalue weighted by Gasteiger charge is 2.44. The molecule has 0 aromatic heterocycles. The number of nitro groups is 2. The highest BCUT2D eigenvalue weighted by atomic mass is 19.1. The standard InChI is InChI=1S/C27H20F2N4O5/c28-20-8-4-16(5-9-20)12-18-2-1-3-24-25(18)30-31(26(24)17-6-10-21(29)11-7-17)27(34)19-13-22(32(35)36)15-23(14-19)33(37)38/h4-15,24,26H,1-3H2/b18-12+/t24-,26-/m1/s1. The fraction of sp³-hybridized carbons (Fsp3) is 0.185. The normalized spacial score (nSPS) is 19.7. The predicted molar refractivity (Wildman–Crippen MR) is 134 cm³/mol. The van der Waals surface area contributed by atoms with Gasteiger partial charge in [-0.1, -0.05) is 24.3 Å². The predicted octanol–water partition coefficient (Wildman–Crippen LogP) is 6.22. The van der Waals surface area contributed by atoms with Crippen molar-refractivity contribution in [2.75, 3.05) is 0 Å². The number of amides is 1. The largest absolute Gasteiger partial charge is 0.277 e. The SMILES string of the molecule is O=C(c1cc([N+](=O)[O-])cc([N+](=O)[O-])c1)N1N=C2/C(=C/c3ccc(F)cc3)CCC[C@H]2[C@H]1c1ccc(F)cc1. The third-order valence-electron chi connectivity index (χ3n) is 6.70. The van der Waals surface area contributed by atoms with Crippen molar-refractivity contribution in [2.24, 2.45) is 11.0 Å². The second-order valence-corrected chi connectivity index (χ2v) is 9.10. The van der Waals surface area contributed by atoms with Crippen molar-refractivity contribution >= 4 is 29.1 Å². The van der Waals surface area contributed by atoms with E-state index in [1.54, 1.807) is 24.3 Å². The van der Waals surface area contributed by atoms with Gasteiger partial charge in [-0.15, -0.1) is 0 Å². The summed E-state index contributed by atoms with van der Waals surface area (Å²) in [5.41, 5.74) is 1.38. The number of halogens is 2. The third-order valence-corrected chi connectivity index (χ3v) is 6.70. The highest BCUT2D eigenvalue weighted by Crippen LogP contribution is 2.45. The van der Waals surface area contributed by atoms with Gasteiger partial charge >= 0.3 is 0 Å². The molecule has 1 saturated carbocycles. The van der Waals surface area contributed by atoms with E-state index in [9.17, 15) is 33.8 Å². The molecule has 1 fully saturated rings. The van der Waals surface area contributed by atoms with Gasteiger partial charge in [-0.05, 0) is 66.3 Å². The molecule has 0 saturated heterocycles. The molecule has 1 heterocycles. The van der Waals surface area contributed by atoms with Gasteiger partial charge in [-0.25, -0.2) is 13.8 Å². The van der Waals surface area contributed by atoms with Gasteiger partial charge in [0.15, 0.2) is 0 Å². The summed E-state index contributed by atoms with van der Waals surface area (Å²) < 4.78 is 27.1. The number of hydrazone groups is 1. The highest BCUT2D eigenvalue weighted by molar-refractivity contribution is 6.09. The summed E-state index contributed by atoms with van der Waals surface area (Å²) in [4.78, 5) is 34.9. The minimum atomic E-state index is -0.805. The molecule has 2 aliphatic rings. The molecule has 1 aliphatic carbocycles. The smallest absolute Gasteiger partial charge is 0.267 e. The zero-order valence-corrected chi connectivity index (χ0v) is 19.8. The molecule has 1 amide bonds. The van der Waals surface area contributed by atoms with Crippen molar-refractivity contribution in [3.8, 4) is 0 Å². The van der Waals surface area contributed by atoms with Crippen LogP contribution >= 0.6 is 0 Å². The molecule has 0 N–H and O–H groups in total. The van der Waals surface area contributed by atoms with Crippen LogP contribution in [0.2, 0.25) is 0 Å². The number of benzene rings is 3. The van der Waals surface area contributed by atoms with E-state index in [4.69, 9.17) is 0 Å². The minimum absolute atomic E-state index is 0.259. The van der Waals surface area contributed by atoms with Gasteiger partial charge < -0.3 is 0 Å². The number of nitro benzene ring substituents is 2.